The summed E-state index contributed by atoms with van der Waals surface area (Å²) >= 11 is 1.90. The van der Waals surface area contributed by atoms with Crippen LogP contribution >= 0.6 is 11.3 Å². The molecule has 0 atom stereocenters. The van der Waals surface area contributed by atoms with Crippen molar-refractivity contribution in [2.24, 2.45) is 5.41 Å². The highest BCUT2D eigenvalue weighted by Gasteiger charge is 2.39. The van der Waals surface area contributed by atoms with Crippen LogP contribution in [0, 0.1) is 19.3 Å². The monoisotopic (exact) mass is 250 g/mol. The van der Waals surface area contributed by atoms with Crippen molar-refractivity contribution in [1.82, 2.24) is 10.3 Å². The van der Waals surface area contributed by atoms with Gasteiger partial charge < -0.3 is 5.32 Å². The van der Waals surface area contributed by atoms with Gasteiger partial charge in [-0.25, -0.2) is 4.98 Å². The lowest BCUT2D eigenvalue weighted by molar-refractivity contribution is 0.129. The largest absolute Gasteiger partial charge is 0.313 e. The lowest BCUT2D eigenvalue weighted by atomic mass is 9.66. The first-order valence-electron chi connectivity index (χ1n) is 6.83. The minimum atomic E-state index is 0.541. The summed E-state index contributed by atoms with van der Waals surface area (Å²) < 4.78 is 0. The minimum Gasteiger partial charge on any atom is -0.313 e. The zero-order chi connectivity index (χ0) is 11.9. The quantitative estimate of drug-likeness (QED) is 0.868. The predicted octanol–water partition coefficient (Wildman–Crippen LogP) is 3.22. The standard InChI is InChI=1S/C14H22N2S/c1-10-11(2)17-13(16-10)8-14(6-3-7-14)9-15-12-4-5-12/h12,15H,3-9H2,1-2H3. The van der Waals surface area contributed by atoms with Crippen LogP contribution in [-0.2, 0) is 6.42 Å². The van der Waals surface area contributed by atoms with E-state index in [2.05, 4.69) is 19.2 Å². The summed E-state index contributed by atoms with van der Waals surface area (Å²) in [5, 5.41) is 5.08. The van der Waals surface area contributed by atoms with Crippen LogP contribution in [0.1, 0.15) is 47.7 Å². The van der Waals surface area contributed by atoms with Crippen molar-refractivity contribution in [3.05, 3.63) is 15.6 Å². The first kappa shape index (κ1) is 11.7. The highest BCUT2D eigenvalue weighted by Crippen LogP contribution is 2.44. The van der Waals surface area contributed by atoms with E-state index in [1.165, 1.54) is 60.6 Å². The lowest BCUT2D eigenvalue weighted by Crippen LogP contribution is -2.42. The minimum absolute atomic E-state index is 0.541. The molecule has 2 aliphatic rings. The molecule has 1 aromatic heterocycles. The number of aryl methyl sites for hydroxylation is 2. The van der Waals surface area contributed by atoms with E-state index >= 15 is 0 Å². The molecular formula is C14H22N2S. The third-order valence-electron chi connectivity index (χ3n) is 4.36. The zero-order valence-corrected chi connectivity index (χ0v) is 11.7. The van der Waals surface area contributed by atoms with E-state index in [1.54, 1.807) is 0 Å². The molecule has 0 aliphatic heterocycles. The molecule has 0 spiro atoms. The van der Waals surface area contributed by atoms with Crippen LogP contribution in [0.5, 0.6) is 0 Å². The van der Waals surface area contributed by atoms with Gasteiger partial charge in [-0.05, 0) is 44.9 Å². The van der Waals surface area contributed by atoms with Crippen molar-refractivity contribution >= 4 is 11.3 Å². The van der Waals surface area contributed by atoms with Crippen molar-refractivity contribution in [2.75, 3.05) is 6.54 Å². The Labute approximate surface area is 108 Å². The van der Waals surface area contributed by atoms with E-state index in [-0.39, 0.29) is 0 Å². The van der Waals surface area contributed by atoms with Gasteiger partial charge in [-0.3, -0.25) is 0 Å². The van der Waals surface area contributed by atoms with Crippen LogP contribution in [0.25, 0.3) is 0 Å². The molecule has 3 rings (SSSR count). The molecule has 1 N–H and O–H groups in total. The molecule has 0 unspecified atom stereocenters. The van der Waals surface area contributed by atoms with E-state index in [1.807, 2.05) is 11.3 Å². The molecule has 2 nitrogen and oxygen atoms in total. The smallest absolute Gasteiger partial charge is 0.0936 e. The summed E-state index contributed by atoms with van der Waals surface area (Å²) in [6, 6.07) is 0.840. The van der Waals surface area contributed by atoms with Gasteiger partial charge in [-0.1, -0.05) is 6.42 Å². The Bertz CT molecular complexity index is 383. The molecular weight excluding hydrogens is 228 g/mol. The second-order valence-corrected chi connectivity index (χ2v) is 7.22. The van der Waals surface area contributed by atoms with Crippen LogP contribution in [0.4, 0.5) is 0 Å². The van der Waals surface area contributed by atoms with Crippen molar-refractivity contribution in [3.63, 3.8) is 0 Å². The number of nitrogens with one attached hydrogen (secondary N) is 1. The molecule has 2 fully saturated rings. The topological polar surface area (TPSA) is 24.9 Å². The maximum absolute atomic E-state index is 4.71. The van der Waals surface area contributed by atoms with E-state index in [4.69, 9.17) is 4.98 Å². The van der Waals surface area contributed by atoms with Crippen LogP contribution in [0.15, 0.2) is 0 Å². The van der Waals surface area contributed by atoms with Gasteiger partial charge in [0.05, 0.1) is 10.7 Å². The van der Waals surface area contributed by atoms with Gasteiger partial charge in [0.1, 0.15) is 0 Å². The van der Waals surface area contributed by atoms with Gasteiger partial charge >= 0.3 is 0 Å². The summed E-state index contributed by atoms with van der Waals surface area (Å²) in [5.41, 5.74) is 1.77. The summed E-state index contributed by atoms with van der Waals surface area (Å²) in [7, 11) is 0. The first-order valence-corrected chi connectivity index (χ1v) is 7.65. The highest BCUT2D eigenvalue weighted by atomic mass is 32.1. The van der Waals surface area contributed by atoms with Crippen molar-refractivity contribution in [2.45, 2.75) is 58.4 Å². The Morgan fingerprint density at radius 2 is 2.12 bits per heavy atom. The van der Waals surface area contributed by atoms with Crippen LogP contribution in [-0.4, -0.2) is 17.6 Å². The molecule has 2 aliphatic carbocycles. The van der Waals surface area contributed by atoms with E-state index in [0.717, 1.165) is 6.04 Å². The number of thiazole rings is 1. The van der Waals surface area contributed by atoms with Crippen molar-refractivity contribution < 1.29 is 0 Å². The Kier molecular flexibility index (Phi) is 2.99. The third kappa shape index (κ3) is 2.55. The molecule has 0 amide bonds. The Morgan fingerprint density at radius 3 is 2.59 bits per heavy atom. The average molecular weight is 250 g/mol. The Hall–Kier alpha value is -0.410. The maximum Gasteiger partial charge on any atom is 0.0936 e. The SMILES string of the molecule is Cc1nc(CC2(CNC3CC3)CCC2)sc1C. The summed E-state index contributed by atoms with van der Waals surface area (Å²) in [5.74, 6) is 0. The highest BCUT2D eigenvalue weighted by molar-refractivity contribution is 7.11. The Balaban J connectivity index is 1.63. The lowest BCUT2D eigenvalue weighted by Gasteiger charge is -2.42. The number of nitrogens with zero attached hydrogens (tertiary/aromatic N) is 1. The average Bonchev–Trinajstić information content (AvgIpc) is 3.00. The molecule has 1 heterocycles. The van der Waals surface area contributed by atoms with Gasteiger partial charge in [0, 0.05) is 23.9 Å². The van der Waals surface area contributed by atoms with Gasteiger partial charge in [0.15, 0.2) is 0 Å². The molecule has 0 bridgehead atoms. The van der Waals surface area contributed by atoms with Gasteiger partial charge in [0.25, 0.3) is 0 Å². The molecule has 2 saturated carbocycles. The number of aromatic nitrogens is 1. The van der Waals surface area contributed by atoms with E-state index in [0.29, 0.717) is 5.41 Å². The van der Waals surface area contributed by atoms with Crippen LogP contribution < -0.4 is 5.32 Å². The molecule has 0 saturated heterocycles. The second-order valence-electron chi connectivity index (χ2n) is 5.93. The molecule has 0 aromatic carbocycles. The molecule has 0 radical (unpaired) electrons. The number of hydrogen-bond donors (Lipinski definition) is 1. The van der Waals surface area contributed by atoms with E-state index in [9.17, 15) is 0 Å². The van der Waals surface area contributed by atoms with Crippen molar-refractivity contribution in [1.29, 1.82) is 0 Å². The van der Waals surface area contributed by atoms with Gasteiger partial charge in [0.2, 0.25) is 0 Å². The van der Waals surface area contributed by atoms with E-state index < -0.39 is 0 Å². The Morgan fingerprint density at radius 1 is 1.35 bits per heavy atom. The molecule has 3 heteroatoms. The molecule has 17 heavy (non-hydrogen) atoms. The van der Waals surface area contributed by atoms with Gasteiger partial charge in [-0.15, -0.1) is 11.3 Å². The molecule has 1 aromatic rings. The summed E-state index contributed by atoms with van der Waals surface area (Å²) in [6.45, 7) is 5.53. The van der Waals surface area contributed by atoms with Crippen molar-refractivity contribution in [3.8, 4) is 0 Å². The normalized spacial score (nSPS) is 22.5. The fraction of sp³-hybridized carbons (Fsp3) is 0.786. The van der Waals surface area contributed by atoms with Gasteiger partial charge in [-0.2, -0.15) is 0 Å². The summed E-state index contributed by atoms with van der Waals surface area (Å²) in [6.07, 6.45) is 8.19. The third-order valence-corrected chi connectivity index (χ3v) is 5.43. The molecule has 94 valence electrons. The first-order chi connectivity index (χ1) is 8.17. The predicted molar refractivity (Wildman–Crippen MR) is 72.6 cm³/mol. The zero-order valence-electron chi connectivity index (χ0n) is 10.9. The van der Waals surface area contributed by atoms with Crippen LogP contribution in [0.2, 0.25) is 0 Å². The number of hydrogen-bond acceptors (Lipinski definition) is 3. The fourth-order valence-electron chi connectivity index (χ4n) is 2.68. The number of rotatable bonds is 5. The second kappa shape index (κ2) is 4.36. The summed E-state index contributed by atoms with van der Waals surface area (Å²) in [4.78, 5) is 6.10. The fourth-order valence-corrected chi connectivity index (χ4v) is 3.78. The van der Waals surface area contributed by atoms with Crippen LogP contribution in [0.3, 0.4) is 0 Å². The maximum atomic E-state index is 4.71.